The van der Waals surface area contributed by atoms with E-state index in [4.69, 9.17) is 4.74 Å². The van der Waals surface area contributed by atoms with E-state index in [2.05, 4.69) is 21.2 Å². The van der Waals surface area contributed by atoms with E-state index < -0.39 is 16.9 Å². The second-order valence-corrected chi connectivity index (χ2v) is 6.37. The maximum absolute atomic E-state index is 10.8. The monoisotopic (exact) mass is 335 g/mol. The van der Waals surface area contributed by atoms with E-state index >= 15 is 0 Å². The molecule has 18 heavy (non-hydrogen) atoms. The summed E-state index contributed by atoms with van der Waals surface area (Å²) in [6.07, 6.45) is 1.09. The summed E-state index contributed by atoms with van der Waals surface area (Å²) in [4.78, 5) is 0. The Kier molecular flexibility index (Phi) is 7.50. The lowest BCUT2D eigenvalue weighted by Gasteiger charge is -2.13. The Labute approximate surface area is 118 Å². The molecule has 0 amide bonds. The fraction of sp³-hybridized carbons (Fsp3) is 0.500. The molecule has 1 rings (SSSR count). The molecule has 0 aliphatic rings. The van der Waals surface area contributed by atoms with E-state index in [0.717, 1.165) is 10.2 Å². The third kappa shape index (κ3) is 7.10. The zero-order valence-electron chi connectivity index (χ0n) is 10.3. The highest BCUT2D eigenvalue weighted by Crippen LogP contribution is 2.17. The molecule has 2 unspecified atom stereocenters. The van der Waals surface area contributed by atoms with Gasteiger partial charge < -0.3 is 15.2 Å². The van der Waals surface area contributed by atoms with E-state index in [-0.39, 0.29) is 6.61 Å². The fourth-order valence-corrected chi connectivity index (χ4v) is 2.10. The molecule has 1 aromatic carbocycles. The summed E-state index contributed by atoms with van der Waals surface area (Å²) in [6.45, 7) is 1.31. The summed E-state index contributed by atoms with van der Waals surface area (Å²) in [5.41, 5.74) is 0. The molecule has 102 valence electrons. The molecular formula is C12H18BrNO3S. The molecule has 0 fully saturated rings. The Morgan fingerprint density at radius 2 is 2.33 bits per heavy atom. The molecule has 2 atom stereocenters. The van der Waals surface area contributed by atoms with Crippen LogP contribution in [-0.2, 0) is 10.8 Å². The maximum Gasteiger partial charge on any atom is 0.120 e. The third-order valence-corrected chi connectivity index (χ3v) is 3.46. The van der Waals surface area contributed by atoms with Crippen molar-refractivity contribution >= 4 is 26.7 Å². The van der Waals surface area contributed by atoms with Gasteiger partial charge in [0.1, 0.15) is 18.5 Å². The number of hydrogen-bond acceptors (Lipinski definition) is 4. The number of ether oxygens (including phenoxy) is 1. The average Bonchev–Trinajstić information content (AvgIpc) is 2.32. The van der Waals surface area contributed by atoms with Crippen molar-refractivity contribution in [3.05, 3.63) is 28.7 Å². The smallest absolute Gasteiger partial charge is 0.120 e. The van der Waals surface area contributed by atoms with Crippen molar-refractivity contribution in [1.82, 2.24) is 5.32 Å². The van der Waals surface area contributed by atoms with Crippen LogP contribution in [0.25, 0.3) is 0 Å². The first-order valence-corrected chi connectivity index (χ1v) is 8.17. The van der Waals surface area contributed by atoms with E-state index in [0.29, 0.717) is 18.8 Å². The summed E-state index contributed by atoms with van der Waals surface area (Å²) >= 11 is 3.35. The van der Waals surface area contributed by atoms with Crippen LogP contribution in [0.15, 0.2) is 28.7 Å². The normalized spacial score (nSPS) is 14.2. The molecule has 0 radical (unpaired) electrons. The lowest BCUT2D eigenvalue weighted by molar-refractivity contribution is 0.107. The molecule has 0 aliphatic heterocycles. The van der Waals surface area contributed by atoms with Crippen LogP contribution in [0.3, 0.4) is 0 Å². The number of benzene rings is 1. The molecule has 0 bridgehead atoms. The number of hydrogen-bond donors (Lipinski definition) is 2. The highest BCUT2D eigenvalue weighted by Gasteiger charge is 2.05. The first-order chi connectivity index (χ1) is 8.58. The summed E-state index contributed by atoms with van der Waals surface area (Å²) < 4.78 is 17.2. The second-order valence-electron chi connectivity index (χ2n) is 3.90. The SMILES string of the molecule is CS(=O)CCNCC(O)COc1cccc(Br)c1. The standard InChI is InChI=1S/C12H18BrNO3S/c1-18(16)6-5-14-8-11(15)9-17-12-4-2-3-10(13)7-12/h2-4,7,11,14-15H,5-6,8-9H2,1H3. The van der Waals surface area contributed by atoms with Gasteiger partial charge in [0.05, 0.1) is 0 Å². The van der Waals surface area contributed by atoms with Crippen molar-refractivity contribution in [2.45, 2.75) is 6.10 Å². The highest BCUT2D eigenvalue weighted by molar-refractivity contribution is 9.10. The number of aliphatic hydroxyl groups excluding tert-OH is 1. The number of aliphatic hydroxyl groups is 1. The summed E-state index contributed by atoms with van der Waals surface area (Å²) in [6, 6.07) is 7.47. The quantitative estimate of drug-likeness (QED) is 0.700. The number of nitrogens with one attached hydrogen (secondary N) is 1. The summed E-state index contributed by atoms with van der Waals surface area (Å²) in [5, 5.41) is 12.7. The molecule has 2 N–H and O–H groups in total. The topological polar surface area (TPSA) is 58.6 Å². The zero-order valence-corrected chi connectivity index (χ0v) is 12.7. The molecule has 0 heterocycles. The van der Waals surface area contributed by atoms with Crippen LogP contribution < -0.4 is 10.1 Å². The molecule has 4 nitrogen and oxygen atoms in total. The van der Waals surface area contributed by atoms with Crippen LogP contribution in [0.4, 0.5) is 0 Å². The van der Waals surface area contributed by atoms with Gasteiger partial charge in [-0.2, -0.15) is 0 Å². The summed E-state index contributed by atoms with van der Waals surface area (Å²) in [7, 11) is -0.797. The first kappa shape index (κ1) is 15.6. The lowest BCUT2D eigenvalue weighted by atomic mass is 10.3. The number of halogens is 1. The average molecular weight is 336 g/mol. The highest BCUT2D eigenvalue weighted by atomic mass is 79.9. The van der Waals surface area contributed by atoms with E-state index in [1.165, 1.54) is 0 Å². The molecule has 0 aromatic heterocycles. The first-order valence-electron chi connectivity index (χ1n) is 5.65. The van der Waals surface area contributed by atoms with Gasteiger partial charge in [-0.1, -0.05) is 22.0 Å². The van der Waals surface area contributed by atoms with Crippen LogP contribution in [0, 0.1) is 0 Å². The second kappa shape index (κ2) is 8.63. The van der Waals surface area contributed by atoms with Crippen molar-refractivity contribution in [2.24, 2.45) is 0 Å². The van der Waals surface area contributed by atoms with Crippen LogP contribution in [0.2, 0.25) is 0 Å². The Morgan fingerprint density at radius 3 is 3.00 bits per heavy atom. The Morgan fingerprint density at radius 1 is 1.56 bits per heavy atom. The predicted octanol–water partition coefficient (Wildman–Crippen LogP) is 1.16. The van der Waals surface area contributed by atoms with Crippen molar-refractivity contribution < 1.29 is 14.1 Å². The van der Waals surface area contributed by atoms with Gasteiger partial charge in [-0.15, -0.1) is 0 Å². The molecule has 0 aliphatic carbocycles. The van der Waals surface area contributed by atoms with Crippen LogP contribution >= 0.6 is 15.9 Å². The molecule has 0 saturated carbocycles. The Balaban J connectivity index is 2.17. The van der Waals surface area contributed by atoms with Crippen molar-refractivity contribution in [3.8, 4) is 5.75 Å². The summed E-state index contributed by atoms with van der Waals surface area (Å²) in [5.74, 6) is 1.32. The van der Waals surface area contributed by atoms with Crippen molar-refractivity contribution in [2.75, 3.05) is 31.7 Å². The van der Waals surface area contributed by atoms with Gasteiger partial charge in [0.2, 0.25) is 0 Å². The van der Waals surface area contributed by atoms with Gasteiger partial charge >= 0.3 is 0 Å². The van der Waals surface area contributed by atoms with Gasteiger partial charge in [0.15, 0.2) is 0 Å². The van der Waals surface area contributed by atoms with E-state index in [1.54, 1.807) is 6.26 Å². The van der Waals surface area contributed by atoms with Gasteiger partial charge in [0.25, 0.3) is 0 Å². The van der Waals surface area contributed by atoms with E-state index in [9.17, 15) is 9.32 Å². The van der Waals surface area contributed by atoms with Gasteiger partial charge in [0, 0.05) is 40.4 Å². The fourth-order valence-electron chi connectivity index (χ4n) is 1.29. The van der Waals surface area contributed by atoms with Crippen LogP contribution in [0.1, 0.15) is 0 Å². The van der Waals surface area contributed by atoms with Gasteiger partial charge in [-0.3, -0.25) is 4.21 Å². The minimum Gasteiger partial charge on any atom is -0.491 e. The predicted molar refractivity (Wildman–Crippen MR) is 77.4 cm³/mol. The minimum atomic E-state index is -0.797. The van der Waals surface area contributed by atoms with Crippen LogP contribution in [-0.4, -0.2) is 47.1 Å². The third-order valence-electron chi connectivity index (χ3n) is 2.18. The maximum atomic E-state index is 10.8. The van der Waals surface area contributed by atoms with Crippen molar-refractivity contribution in [1.29, 1.82) is 0 Å². The molecule has 0 saturated heterocycles. The largest absolute Gasteiger partial charge is 0.491 e. The van der Waals surface area contributed by atoms with Crippen molar-refractivity contribution in [3.63, 3.8) is 0 Å². The Bertz CT molecular complexity index is 389. The minimum absolute atomic E-state index is 0.235. The van der Waals surface area contributed by atoms with Gasteiger partial charge in [-0.05, 0) is 18.2 Å². The Hall–Kier alpha value is -0.430. The van der Waals surface area contributed by atoms with Gasteiger partial charge in [-0.25, -0.2) is 0 Å². The number of rotatable bonds is 8. The molecular weight excluding hydrogens is 318 g/mol. The lowest BCUT2D eigenvalue weighted by Crippen LogP contribution is -2.33. The zero-order chi connectivity index (χ0) is 13.4. The van der Waals surface area contributed by atoms with E-state index in [1.807, 2.05) is 24.3 Å². The molecule has 6 heteroatoms. The molecule has 0 spiro atoms. The van der Waals surface area contributed by atoms with Crippen LogP contribution in [0.5, 0.6) is 5.75 Å². The molecule has 1 aromatic rings.